The Labute approximate surface area is 91.1 Å². The zero-order valence-corrected chi connectivity index (χ0v) is 8.73. The van der Waals surface area contributed by atoms with Gasteiger partial charge in [-0.1, -0.05) is 0 Å². The summed E-state index contributed by atoms with van der Waals surface area (Å²) in [5.41, 5.74) is 19.6. The fourth-order valence-corrected chi connectivity index (χ4v) is 0. The average molecular weight is 287 g/mol. The zero-order chi connectivity index (χ0) is 10.4. The predicted octanol–water partition coefficient (Wildman–Crippen LogP) is -4.64. The molecular weight excluding hydrogens is 270 g/mol. The minimum Gasteiger partial charge on any atom is -0.652 e. The second-order valence-corrected chi connectivity index (χ2v) is 1.40. The normalized spacial score (nSPS) is 6.46. The first kappa shape index (κ1) is 23.0. The number of carbonyl (C=O) groups is 1. The van der Waals surface area contributed by atoms with E-state index in [1.165, 1.54) is 0 Å². The number of carboxylic acid groups (broad SMARTS) is 2. The Balaban J connectivity index is -0.0000000450. The van der Waals surface area contributed by atoms with Crippen LogP contribution < -0.4 is 33.1 Å². The number of carbonyl (C=O) groups excluding carboxylic acids is 1. The molecule has 0 fully saturated rings. The second-order valence-electron chi connectivity index (χ2n) is 1.40. The summed E-state index contributed by atoms with van der Waals surface area (Å²) >= 11 is 0. The molecule has 0 saturated carbocycles. The Morgan fingerprint density at radius 2 is 0.923 bits per heavy atom. The summed E-state index contributed by atoms with van der Waals surface area (Å²) < 4.78 is 0. The Hall–Kier alpha value is -0.228. The van der Waals surface area contributed by atoms with Gasteiger partial charge in [0.2, 0.25) is 0 Å². The third-order valence-electron chi connectivity index (χ3n) is 0.333. The van der Waals surface area contributed by atoms with Gasteiger partial charge in [-0.25, -0.2) is 0 Å². The molecule has 0 radical (unpaired) electrons. The summed E-state index contributed by atoms with van der Waals surface area (Å²) in [6.45, 7) is 2.39. The Bertz CT molecular complexity index is 74.2. The first-order valence-electron chi connectivity index (χ1n) is 3.25. The zero-order valence-electron chi connectivity index (χ0n) is 7.18. The van der Waals surface area contributed by atoms with Gasteiger partial charge in [0.05, 0.1) is 0 Å². The summed E-state index contributed by atoms with van der Waals surface area (Å²) in [4.78, 5) is 8.33. The Kier molecular flexibility index (Phi) is 52.7. The molecule has 0 saturated heterocycles. The van der Waals surface area contributed by atoms with E-state index < -0.39 is 6.16 Å². The number of hydrogen-bond acceptors (Lipinski definition) is 7. The van der Waals surface area contributed by atoms with Gasteiger partial charge in [0.15, 0.2) is 0 Å². The Morgan fingerprint density at radius 1 is 0.846 bits per heavy atom. The fourth-order valence-electron chi connectivity index (χ4n) is 0. The maximum Gasteiger partial charge on any atom is 2.00 e. The van der Waals surface area contributed by atoms with Crippen LogP contribution in [0.25, 0.3) is 0 Å². The molecule has 0 aliphatic carbocycles. The topological polar surface area (TPSA) is 167 Å². The van der Waals surface area contributed by atoms with Crippen molar-refractivity contribution < 1.29 is 35.4 Å². The minimum absolute atomic E-state index is 0. The maximum absolute atomic E-state index is 8.33. The standard InChI is InChI=1S/2C2H8N2.CH2O3.Pd/c2*3-1-2-4;2-1(3)4;/h2*1-4H2;(H2,2,3,4);/q;;;+2/p-2. The summed E-state index contributed by atoms with van der Waals surface area (Å²) in [6, 6.07) is 0. The van der Waals surface area contributed by atoms with Crippen molar-refractivity contribution >= 4 is 6.16 Å². The molecule has 0 rings (SSSR count). The predicted molar refractivity (Wildman–Crippen MR) is 41.6 cm³/mol. The van der Waals surface area contributed by atoms with Crippen LogP contribution in [0.1, 0.15) is 0 Å². The van der Waals surface area contributed by atoms with E-state index in [9.17, 15) is 0 Å². The molecule has 0 atom stereocenters. The van der Waals surface area contributed by atoms with Crippen LogP contribution in [-0.2, 0) is 20.4 Å². The molecule has 84 valence electrons. The molecule has 0 amide bonds. The van der Waals surface area contributed by atoms with Crippen molar-refractivity contribution in [2.24, 2.45) is 22.9 Å². The molecule has 0 aromatic carbocycles. The summed E-state index contributed by atoms with van der Waals surface area (Å²) in [6.07, 6.45) is -2.33. The molecule has 8 heteroatoms. The van der Waals surface area contributed by atoms with Crippen LogP contribution >= 0.6 is 0 Å². The van der Waals surface area contributed by atoms with Crippen LogP contribution in [-0.4, -0.2) is 32.3 Å². The van der Waals surface area contributed by atoms with Gasteiger partial charge >= 0.3 is 20.4 Å². The molecule has 0 aliphatic heterocycles. The quantitative estimate of drug-likeness (QED) is 0.370. The van der Waals surface area contributed by atoms with Crippen LogP contribution in [0.4, 0.5) is 4.79 Å². The van der Waals surface area contributed by atoms with Gasteiger partial charge in [0.25, 0.3) is 0 Å². The molecule has 0 heterocycles. The number of hydrogen-bond donors (Lipinski definition) is 4. The molecule has 0 spiro atoms. The first-order valence-corrected chi connectivity index (χ1v) is 3.25. The van der Waals surface area contributed by atoms with Crippen LogP contribution in [0.5, 0.6) is 0 Å². The summed E-state index contributed by atoms with van der Waals surface area (Å²) in [5.74, 6) is 0. The monoisotopic (exact) mass is 286 g/mol. The third-order valence-corrected chi connectivity index (χ3v) is 0.333. The molecule has 0 aliphatic rings. The van der Waals surface area contributed by atoms with Gasteiger partial charge in [-0.05, 0) is 6.16 Å². The van der Waals surface area contributed by atoms with Crippen molar-refractivity contribution in [3.63, 3.8) is 0 Å². The van der Waals surface area contributed by atoms with E-state index in [1.54, 1.807) is 0 Å². The number of nitrogens with two attached hydrogens (primary N) is 4. The summed E-state index contributed by atoms with van der Waals surface area (Å²) in [5, 5.41) is 16.7. The van der Waals surface area contributed by atoms with Gasteiger partial charge in [-0.15, -0.1) is 0 Å². The third kappa shape index (κ3) is 358. The van der Waals surface area contributed by atoms with Crippen molar-refractivity contribution in [3.8, 4) is 0 Å². The van der Waals surface area contributed by atoms with E-state index >= 15 is 0 Å². The SMILES string of the molecule is NCCN.NCCN.O=C([O-])[O-].[Pd+2]. The molecule has 13 heavy (non-hydrogen) atoms. The van der Waals surface area contributed by atoms with Gasteiger partial charge < -0.3 is 37.9 Å². The molecule has 0 aromatic rings. The van der Waals surface area contributed by atoms with Crippen LogP contribution in [0.15, 0.2) is 0 Å². The maximum atomic E-state index is 8.33. The van der Waals surface area contributed by atoms with E-state index in [0.717, 1.165) is 0 Å². The van der Waals surface area contributed by atoms with Gasteiger partial charge in [-0.3, -0.25) is 0 Å². The fraction of sp³-hybridized carbons (Fsp3) is 0.800. The van der Waals surface area contributed by atoms with Crippen molar-refractivity contribution in [1.82, 2.24) is 0 Å². The largest absolute Gasteiger partial charge is 2.00 e. The van der Waals surface area contributed by atoms with Gasteiger partial charge in [0.1, 0.15) is 0 Å². The van der Waals surface area contributed by atoms with Crippen LogP contribution in [0.3, 0.4) is 0 Å². The van der Waals surface area contributed by atoms with E-state index in [2.05, 4.69) is 0 Å². The smallest absolute Gasteiger partial charge is 0.652 e. The molecule has 0 unspecified atom stereocenters. The van der Waals surface area contributed by atoms with E-state index in [4.69, 9.17) is 37.9 Å². The van der Waals surface area contributed by atoms with Crippen molar-refractivity contribution in [2.75, 3.05) is 26.2 Å². The van der Waals surface area contributed by atoms with E-state index in [1.807, 2.05) is 0 Å². The molecule has 0 bridgehead atoms. The second kappa shape index (κ2) is 29.8. The van der Waals surface area contributed by atoms with Gasteiger partial charge in [-0.2, -0.15) is 0 Å². The minimum atomic E-state index is -2.33. The molecular formula is C5H16N4O3Pd. The Morgan fingerprint density at radius 3 is 0.923 bits per heavy atom. The van der Waals surface area contributed by atoms with E-state index in [-0.39, 0.29) is 20.4 Å². The number of rotatable bonds is 2. The molecule has 8 N–H and O–H groups in total. The van der Waals surface area contributed by atoms with Gasteiger partial charge in [0, 0.05) is 26.2 Å². The average Bonchev–Trinajstić information content (AvgIpc) is 2.03. The van der Waals surface area contributed by atoms with Crippen molar-refractivity contribution in [1.29, 1.82) is 0 Å². The molecule has 0 aromatic heterocycles. The summed E-state index contributed by atoms with van der Waals surface area (Å²) in [7, 11) is 0. The van der Waals surface area contributed by atoms with E-state index in [0.29, 0.717) is 26.2 Å². The van der Waals surface area contributed by atoms with Crippen LogP contribution in [0, 0.1) is 0 Å². The molecule has 7 nitrogen and oxygen atoms in total. The first-order chi connectivity index (χ1) is 5.56. The van der Waals surface area contributed by atoms with Crippen LogP contribution in [0.2, 0.25) is 0 Å². The van der Waals surface area contributed by atoms with Crippen molar-refractivity contribution in [2.45, 2.75) is 0 Å². The van der Waals surface area contributed by atoms with Crippen molar-refractivity contribution in [3.05, 3.63) is 0 Å².